The number of aromatic hydroxyl groups is 1. The fourth-order valence-electron chi connectivity index (χ4n) is 6.28. The van der Waals surface area contributed by atoms with E-state index in [9.17, 15) is 33.9 Å². The topological polar surface area (TPSA) is 190 Å². The summed E-state index contributed by atoms with van der Waals surface area (Å²) in [4.78, 5) is 76.8. The summed E-state index contributed by atoms with van der Waals surface area (Å²) in [5, 5.41) is 10.8. The van der Waals surface area contributed by atoms with E-state index >= 15 is 0 Å². The molecule has 3 fully saturated rings. The Morgan fingerprint density at radius 3 is 2.09 bits per heavy atom. The van der Waals surface area contributed by atoms with Gasteiger partial charge in [-0.2, -0.15) is 9.80 Å². The van der Waals surface area contributed by atoms with Gasteiger partial charge in [0.2, 0.25) is 23.6 Å². The van der Waals surface area contributed by atoms with Crippen LogP contribution in [0.1, 0.15) is 24.3 Å². The van der Waals surface area contributed by atoms with E-state index in [1.165, 1.54) is 13.2 Å². The van der Waals surface area contributed by atoms with Gasteiger partial charge >= 0.3 is 12.1 Å². The van der Waals surface area contributed by atoms with Gasteiger partial charge in [0, 0.05) is 17.5 Å². The Bertz CT molecular complexity index is 1260. The number of carbonyl (C=O) groups excluding carboxylic acids is 6. The van der Waals surface area contributed by atoms with E-state index in [4.69, 9.17) is 16.2 Å². The van der Waals surface area contributed by atoms with Crippen molar-refractivity contribution in [1.29, 1.82) is 0 Å². The standard InChI is InChI=1S/C23H22N4O8/c1-35-8-2-3-10(14(28)6-8)15-9-4-5-11-16(20(31)26(18(11)29)22(24)33)12(9)7-13-17(15)21(32)27(19(13)30)23(25)34/h2-4,6,11-13,15-17,28H,5,7H2,1H3,(H2,24,33)(H2,25,34). The minimum absolute atomic E-state index is 0.00887. The molecule has 4 aliphatic rings. The van der Waals surface area contributed by atoms with E-state index < -0.39 is 71.2 Å². The Balaban J connectivity index is 1.67. The zero-order chi connectivity index (χ0) is 25.3. The number of ether oxygens (including phenoxy) is 1. The number of carbonyl (C=O) groups is 6. The van der Waals surface area contributed by atoms with Crippen molar-refractivity contribution in [2.24, 2.45) is 41.1 Å². The summed E-state index contributed by atoms with van der Waals surface area (Å²) in [6, 6.07) is 2.08. The second kappa shape index (κ2) is 7.65. The maximum Gasteiger partial charge on any atom is 0.328 e. The number of fused-ring (bicyclic) bond motifs is 4. The van der Waals surface area contributed by atoms with Crippen LogP contribution in [0.2, 0.25) is 0 Å². The first-order valence-electron chi connectivity index (χ1n) is 11.0. The lowest BCUT2D eigenvalue weighted by Crippen LogP contribution is -2.44. The Kier molecular flexibility index (Phi) is 4.93. The van der Waals surface area contributed by atoms with Crippen LogP contribution >= 0.6 is 0 Å². The summed E-state index contributed by atoms with van der Waals surface area (Å²) < 4.78 is 5.14. The Morgan fingerprint density at radius 2 is 1.51 bits per heavy atom. The third-order valence-corrected chi connectivity index (χ3v) is 7.66. The van der Waals surface area contributed by atoms with Gasteiger partial charge in [-0.3, -0.25) is 19.2 Å². The van der Waals surface area contributed by atoms with Gasteiger partial charge in [-0.25, -0.2) is 9.59 Å². The number of nitrogens with two attached hydrogens (primary N) is 2. The first-order valence-corrected chi connectivity index (χ1v) is 11.0. The number of phenols is 1. The highest BCUT2D eigenvalue weighted by atomic mass is 16.5. The normalized spacial score (nSPS) is 31.6. The first kappa shape index (κ1) is 22.6. The van der Waals surface area contributed by atoms with Crippen molar-refractivity contribution < 1.29 is 38.6 Å². The second-order valence-electron chi connectivity index (χ2n) is 9.15. The minimum atomic E-state index is -1.21. The highest BCUT2D eigenvalue weighted by Gasteiger charge is 2.63. The summed E-state index contributed by atoms with van der Waals surface area (Å²) in [6.45, 7) is 0. The summed E-state index contributed by atoms with van der Waals surface area (Å²) in [6.07, 6.45) is 1.82. The predicted octanol–water partition coefficient (Wildman–Crippen LogP) is 0.194. The molecule has 12 nitrogen and oxygen atoms in total. The van der Waals surface area contributed by atoms with Crippen molar-refractivity contribution in [3.05, 3.63) is 35.4 Å². The van der Waals surface area contributed by atoms with Crippen LogP contribution in [-0.2, 0) is 19.2 Å². The lowest BCUT2D eigenvalue weighted by molar-refractivity contribution is -0.138. The monoisotopic (exact) mass is 482 g/mol. The summed E-state index contributed by atoms with van der Waals surface area (Å²) >= 11 is 0. The first-order chi connectivity index (χ1) is 16.6. The molecule has 1 aromatic carbocycles. The molecule has 8 amide bonds. The smallest absolute Gasteiger partial charge is 0.328 e. The molecular weight excluding hydrogens is 460 g/mol. The summed E-state index contributed by atoms with van der Waals surface area (Å²) in [5.74, 6) is -8.36. The average molecular weight is 482 g/mol. The van der Waals surface area contributed by atoms with E-state index in [1.54, 1.807) is 18.2 Å². The molecule has 182 valence electrons. The molecule has 0 aromatic heterocycles. The number of benzene rings is 1. The third kappa shape index (κ3) is 2.98. The molecule has 0 radical (unpaired) electrons. The number of imide groups is 6. The lowest BCUT2D eigenvalue weighted by Gasteiger charge is -2.44. The molecule has 2 aliphatic carbocycles. The molecule has 0 bridgehead atoms. The van der Waals surface area contributed by atoms with Crippen LogP contribution in [0.4, 0.5) is 9.59 Å². The number of nitrogens with zero attached hydrogens (tertiary/aromatic N) is 2. The Morgan fingerprint density at radius 1 is 0.914 bits per heavy atom. The van der Waals surface area contributed by atoms with Crippen molar-refractivity contribution in [2.75, 3.05) is 7.11 Å². The maximum absolute atomic E-state index is 13.3. The number of allylic oxidation sites excluding steroid dienone is 2. The van der Waals surface area contributed by atoms with Gasteiger partial charge in [-0.05, 0) is 24.8 Å². The van der Waals surface area contributed by atoms with Crippen LogP contribution in [-0.4, -0.2) is 57.7 Å². The molecule has 0 spiro atoms. The SMILES string of the molecule is COc1ccc(C2C3=CCC4C(=O)N(C(N)=O)C(=O)C4C3CC3C(=O)N(C(N)=O)C(=O)C32)c(O)c1. The van der Waals surface area contributed by atoms with E-state index in [0.717, 1.165) is 0 Å². The fraction of sp³-hybridized carbons (Fsp3) is 0.391. The molecule has 2 heterocycles. The van der Waals surface area contributed by atoms with Crippen molar-refractivity contribution in [1.82, 2.24) is 9.80 Å². The minimum Gasteiger partial charge on any atom is -0.508 e. The number of amides is 8. The van der Waals surface area contributed by atoms with E-state index in [0.29, 0.717) is 26.7 Å². The van der Waals surface area contributed by atoms with E-state index in [1.807, 2.05) is 0 Å². The molecule has 1 aromatic rings. The molecule has 5 rings (SSSR count). The number of phenolic OH excluding ortho intramolecular Hbond substituents is 1. The average Bonchev–Trinajstić information content (AvgIpc) is 3.21. The number of likely N-dealkylation sites (tertiary alicyclic amines) is 2. The third-order valence-electron chi connectivity index (χ3n) is 7.66. The molecule has 2 saturated heterocycles. The molecule has 6 unspecified atom stereocenters. The number of methoxy groups -OCH3 is 1. The Labute approximate surface area is 198 Å². The highest BCUT2D eigenvalue weighted by Crippen LogP contribution is 2.58. The molecule has 35 heavy (non-hydrogen) atoms. The number of hydrogen-bond donors (Lipinski definition) is 3. The molecule has 1 saturated carbocycles. The van der Waals surface area contributed by atoms with Crippen molar-refractivity contribution in [3.63, 3.8) is 0 Å². The van der Waals surface area contributed by atoms with Crippen molar-refractivity contribution in [3.8, 4) is 11.5 Å². The number of urea groups is 2. The molecule has 6 atom stereocenters. The van der Waals surface area contributed by atoms with Gasteiger partial charge in [0.15, 0.2) is 0 Å². The van der Waals surface area contributed by atoms with Gasteiger partial charge in [0.1, 0.15) is 11.5 Å². The van der Waals surface area contributed by atoms with Crippen LogP contribution in [0.5, 0.6) is 11.5 Å². The second-order valence-corrected chi connectivity index (χ2v) is 9.15. The van der Waals surface area contributed by atoms with Gasteiger partial charge in [0.25, 0.3) is 0 Å². The largest absolute Gasteiger partial charge is 0.508 e. The number of hydrogen-bond acceptors (Lipinski definition) is 8. The summed E-state index contributed by atoms with van der Waals surface area (Å²) in [7, 11) is 1.42. The van der Waals surface area contributed by atoms with Crippen molar-refractivity contribution >= 4 is 35.7 Å². The van der Waals surface area contributed by atoms with Crippen molar-refractivity contribution in [2.45, 2.75) is 18.8 Å². The van der Waals surface area contributed by atoms with Gasteiger partial charge < -0.3 is 21.3 Å². The van der Waals surface area contributed by atoms with E-state index in [-0.39, 0.29) is 18.6 Å². The summed E-state index contributed by atoms with van der Waals surface area (Å²) in [5.41, 5.74) is 11.5. The fourth-order valence-corrected chi connectivity index (χ4v) is 6.28. The zero-order valence-electron chi connectivity index (χ0n) is 18.5. The van der Waals surface area contributed by atoms with Gasteiger partial charge in [-0.15, -0.1) is 0 Å². The lowest BCUT2D eigenvalue weighted by atomic mass is 9.57. The molecular formula is C23H22N4O8. The predicted molar refractivity (Wildman–Crippen MR) is 115 cm³/mol. The van der Waals surface area contributed by atoms with Crippen LogP contribution in [0.15, 0.2) is 29.8 Å². The van der Waals surface area contributed by atoms with Crippen LogP contribution < -0.4 is 16.2 Å². The van der Waals surface area contributed by atoms with Gasteiger partial charge in [-0.1, -0.05) is 17.7 Å². The molecule has 5 N–H and O–H groups in total. The molecule has 2 aliphatic heterocycles. The number of primary amides is 2. The van der Waals surface area contributed by atoms with E-state index in [2.05, 4.69) is 0 Å². The van der Waals surface area contributed by atoms with Crippen LogP contribution in [0.3, 0.4) is 0 Å². The molecule has 12 heteroatoms. The zero-order valence-corrected chi connectivity index (χ0v) is 18.5. The van der Waals surface area contributed by atoms with Crippen LogP contribution in [0.25, 0.3) is 0 Å². The Hall–Kier alpha value is -4.22. The quantitative estimate of drug-likeness (QED) is 0.393. The maximum atomic E-state index is 13.3. The van der Waals surface area contributed by atoms with Crippen LogP contribution in [0, 0.1) is 29.6 Å². The number of rotatable bonds is 2. The van der Waals surface area contributed by atoms with Gasteiger partial charge in [0.05, 0.1) is 30.8 Å². The highest BCUT2D eigenvalue weighted by molar-refractivity contribution is 6.18.